The first-order valence-electron chi connectivity index (χ1n) is 6.79. The lowest BCUT2D eigenvalue weighted by Crippen LogP contribution is -2.32. The van der Waals surface area contributed by atoms with E-state index in [0.717, 1.165) is 5.92 Å². The Hall–Kier alpha value is -0.300. The van der Waals surface area contributed by atoms with Crippen LogP contribution in [0.1, 0.15) is 53.4 Å². The van der Waals surface area contributed by atoms with Gasteiger partial charge in [-0.1, -0.05) is 39.3 Å². The summed E-state index contributed by atoms with van der Waals surface area (Å²) in [6, 6.07) is 0.616. The number of hydrogen-bond donors (Lipinski definition) is 1. The fourth-order valence-corrected chi connectivity index (χ4v) is 3.79. The first kappa shape index (κ1) is 12.2. The van der Waals surface area contributed by atoms with Crippen LogP contribution in [0.5, 0.6) is 0 Å². The van der Waals surface area contributed by atoms with Gasteiger partial charge in [-0.25, -0.2) is 0 Å². The molecule has 1 atom stereocenters. The SMILES string of the molecule is CNC(C1=CCCCC1)C1C(C)(C)C1(C)C. The molecule has 0 saturated heterocycles. The Kier molecular flexibility index (Phi) is 2.94. The summed E-state index contributed by atoms with van der Waals surface area (Å²) in [4.78, 5) is 0. The van der Waals surface area contributed by atoms with Crippen LogP contribution in [-0.4, -0.2) is 13.1 Å². The van der Waals surface area contributed by atoms with Gasteiger partial charge in [-0.05, 0) is 49.5 Å². The van der Waals surface area contributed by atoms with Crippen molar-refractivity contribution in [1.82, 2.24) is 5.32 Å². The molecule has 0 aliphatic heterocycles. The van der Waals surface area contributed by atoms with Crippen LogP contribution in [0.15, 0.2) is 11.6 Å². The smallest absolute Gasteiger partial charge is 0.0315 e. The molecule has 2 aliphatic carbocycles. The fourth-order valence-electron chi connectivity index (χ4n) is 3.79. The van der Waals surface area contributed by atoms with Crippen LogP contribution in [0.2, 0.25) is 0 Å². The van der Waals surface area contributed by atoms with E-state index in [4.69, 9.17) is 0 Å². The molecule has 0 radical (unpaired) electrons. The van der Waals surface area contributed by atoms with Gasteiger partial charge in [0.25, 0.3) is 0 Å². The lowest BCUT2D eigenvalue weighted by molar-refractivity contribution is 0.449. The van der Waals surface area contributed by atoms with Crippen LogP contribution in [0.3, 0.4) is 0 Å². The highest BCUT2D eigenvalue weighted by Gasteiger charge is 2.67. The topological polar surface area (TPSA) is 12.0 Å². The highest BCUT2D eigenvalue weighted by molar-refractivity contribution is 5.26. The molecule has 0 bridgehead atoms. The zero-order chi connectivity index (χ0) is 12.0. The Bertz CT molecular complexity index is 285. The van der Waals surface area contributed by atoms with Crippen LogP contribution in [0.25, 0.3) is 0 Å². The molecule has 0 heterocycles. The molecule has 1 heteroatoms. The van der Waals surface area contributed by atoms with Gasteiger partial charge in [0, 0.05) is 6.04 Å². The van der Waals surface area contributed by atoms with E-state index >= 15 is 0 Å². The maximum atomic E-state index is 3.58. The predicted octanol–water partition coefficient (Wildman–Crippen LogP) is 3.76. The monoisotopic (exact) mass is 221 g/mol. The molecule has 0 spiro atoms. The first-order valence-corrected chi connectivity index (χ1v) is 6.79. The molecule has 0 aromatic heterocycles. The standard InChI is InChI=1S/C15H27N/c1-14(2)13(15(14,3)4)12(16-5)11-9-7-6-8-10-11/h9,12-13,16H,6-8,10H2,1-5H3. The van der Waals surface area contributed by atoms with E-state index < -0.39 is 0 Å². The summed E-state index contributed by atoms with van der Waals surface area (Å²) in [5.41, 5.74) is 2.65. The molecular formula is C15H27N. The second-order valence-electron chi connectivity index (χ2n) is 6.71. The fraction of sp³-hybridized carbons (Fsp3) is 0.867. The molecule has 92 valence electrons. The molecule has 1 nitrogen and oxygen atoms in total. The summed E-state index contributed by atoms with van der Waals surface area (Å²) < 4.78 is 0. The summed E-state index contributed by atoms with van der Waals surface area (Å²) in [6.07, 6.45) is 7.87. The number of nitrogens with one attached hydrogen (secondary N) is 1. The molecule has 2 rings (SSSR count). The summed E-state index contributed by atoms with van der Waals surface area (Å²) in [7, 11) is 2.13. The quantitative estimate of drug-likeness (QED) is 0.716. The van der Waals surface area contributed by atoms with Crippen molar-refractivity contribution in [3.63, 3.8) is 0 Å². The van der Waals surface area contributed by atoms with Crippen molar-refractivity contribution < 1.29 is 0 Å². The van der Waals surface area contributed by atoms with E-state index in [2.05, 4.69) is 46.1 Å². The number of rotatable bonds is 3. The van der Waals surface area contributed by atoms with Crippen LogP contribution in [-0.2, 0) is 0 Å². The van der Waals surface area contributed by atoms with Crippen molar-refractivity contribution in [1.29, 1.82) is 0 Å². The summed E-state index contributed by atoms with van der Waals surface area (Å²) in [6.45, 7) is 9.69. The summed E-state index contributed by atoms with van der Waals surface area (Å²) >= 11 is 0. The minimum atomic E-state index is 0.485. The average molecular weight is 221 g/mol. The second-order valence-corrected chi connectivity index (χ2v) is 6.71. The van der Waals surface area contributed by atoms with Gasteiger partial charge in [0.2, 0.25) is 0 Å². The van der Waals surface area contributed by atoms with Crippen molar-refractivity contribution in [2.45, 2.75) is 59.4 Å². The van der Waals surface area contributed by atoms with Crippen molar-refractivity contribution in [2.24, 2.45) is 16.7 Å². The maximum Gasteiger partial charge on any atom is 0.0315 e. The summed E-state index contributed by atoms with van der Waals surface area (Å²) in [5, 5.41) is 3.58. The highest BCUT2D eigenvalue weighted by atomic mass is 14.9. The Morgan fingerprint density at radius 3 is 2.19 bits per heavy atom. The molecule has 0 aromatic rings. The third-order valence-electron chi connectivity index (χ3n) is 5.50. The third kappa shape index (κ3) is 1.64. The van der Waals surface area contributed by atoms with Gasteiger partial charge in [0.1, 0.15) is 0 Å². The van der Waals surface area contributed by atoms with Gasteiger partial charge in [-0.3, -0.25) is 0 Å². The van der Waals surface area contributed by atoms with E-state index in [0.29, 0.717) is 16.9 Å². The second kappa shape index (κ2) is 3.87. The normalized spacial score (nSPS) is 29.7. The molecule has 1 unspecified atom stereocenters. The third-order valence-corrected chi connectivity index (χ3v) is 5.50. The molecule has 1 saturated carbocycles. The van der Waals surface area contributed by atoms with Crippen molar-refractivity contribution in [3.8, 4) is 0 Å². The van der Waals surface area contributed by atoms with Gasteiger partial charge >= 0.3 is 0 Å². The maximum absolute atomic E-state index is 3.58. The van der Waals surface area contributed by atoms with E-state index in [-0.39, 0.29) is 0 Å². The van der Waals surface area contributed by atoms with Crippen molar-refractivity contribution >= 4 is 0 Å². The van der Waals surface area contributed by atoms with E-state index in [9.17, 15) is 0 Å². The van der Waals surface area contributed by atoms with E-state index in [1.54, 1.807) is 5.57 Å². The van der Waals surface area contributed by atoms with Crippen molar-refractivity contribution in [3.05, 3.63) is 11.6 Å². The highest BCUT2D eigenvalue weighted by Crippen LogP contribution is 2.70. The van der Waals surface area contributed by atoms with Gasteiger partial charge in [0.15, 0.2) is 0 Å². The minimum absolute atomic E-state index is 0.485. The Morgan fingerprint density at radius 1 is 1.19 bits per heavy atom. The van der Waals surface area contributed by atoms with E-state index in [1.807, 2.05) is 0 Å². The molecular weight excluding hydrogens is 194 g/mol. The lowest BCUT2D eigenvalue weighted by atomic mass is 9.88. The van der Waals surface area contributed by atoms with E-state index in [1.165, 1.54) is 25.7 Å². The Morgan fingerprint density at radius 2 is 1.81 bits per heavy atom. The zero-order valence-electron chi connectivity index (χ0n) is 11.6. The molecule has 2 aliphatic rings. The molecule has 16 heavy (non-hydrogen) atoms. The van der Waals surface area contributed by atoms with Gasteiger partial charge in [0.05, 0.1) is 0 Å². The van der Waals surface area contributed by atoms with Crippen molar-refractivity contribution in [2.75, 3.05) is 7.05 Å². The molecule has 1 N–H and O–H groups in total. The average Bonchev–Trinajstić information content (AvgIpc) is 2.64. The number of allylic oxidation sites excluding steroid dienone is 1. The lowest BCUT2D eigenvalue weighted by Gasteiger charge is -2.25. The van der Waals surface area contributed by atoms with Crippen LogP contribution < -0.4 is 5.32 Å². The number of likely N-dealkylation sites (N-methyl/N-ethyl adjacent to an activating group) is 1. The zero-order valence-corrected chi connectivity index (χ0v) is 11.6. The molecule has 0 amide bonds. The molecule has 1 fully saturated rings. The predicted molar refractivity (Wildman–Crippen MR) is 70.5 cm³/mol. The van der Waals surface area contributed by atoms with Crippen LogP contribution in [0.4, 0.5) is 0 Å². The first-order chi connectivity index (χ1) is 7.43. The summed E-state index contributed by atoms with van der Waals surface area (Å²) in [5.74, 6) is 0.800. The van der Waals surface area contributed by atoms with Gasteiger partial charge in [-0.15, -0.1) is 0 Å². The molecule has 0 aromatic carbocycles. The Balaban J connectivity index is 2.16. The van der Waals surface area contributed by atoms with Gasteiger partial charge < -0.3 is 5.32 Å². The van der Waals surface area contributed by atoms with Crippen LogP contribution in [0, 0.1) is 16.7 Å². The minimum Gasteiger partial charge on any atom is -0.313 e. The largest absolute Gasteiger partial charge is 0.313 e. The van der Waals surface area contributed by atoms with Gasteiger partial charge in [-0.2, -0.15) is 0 Å². The van der Waals surface area contributed by atoms with Crippen LogP contribution >= 0.6 is 0 Å². The Labute approximate surface area is 101 Å². The number of hydrogen-bond acceptors (Lipinski definition) is 1.